The highest BCUT2D eigenvalue weighted by Gasteiger charge is 2.49. The summed E-state index contributed by atoms with van der Waals surface area (Å²) in [7, 11) is -3.18. The van der Waals surface area contributed by atoms with Crippen LogP contribution in [0.3, 0.4) is 0 Å². The molecule has 2 aromatic carbocycles. The van der Waals surface area contributed by atoms with Crippen molar-refractivity contribution in [2.45, 2.75) is 11.3 Å². The van der Waals surface area contributed by atoms with Crippen LogP contribution in [0.2, 0.25) is 5.02 Å². The lowest BCUT2D eigenvalue weighted by atomic mass is 10.2. The van der Waals surface area contributed by atoms with Crippen LogP contribution in [0.5, 0.6) is 0 Å². The normalized spacial score (nSPS) is 23.9. The third-order valence-electron chi connectivity index (χ3n) is 4.67. The zero-order chi connectivity index (χ0) is 20.8. The third kappa shape index (κ3) is 4.00. The standard InChI is InChI=1S/C18H14ClN3O5S2/c19-12-4-6-13(7-5-12)21-15-9-29(26,27)10-16(15)28-18(21)20-17(23)11-2-1-3-14(8-11)22(24)25/h1-8,15-16H,9-10H2. The molecule has 0 radical (unpaired) electrons. The Morgan fingerprint density at radius 3 is 2.62 bits per heavy atom. The second-order valence-corrected chi connectivity index (χ2v) is 10.5. The van der Waals surface area contributed by atoms with Crippen LogP contribution in [0.4, 0.5) is 11.4 Å². The fourth-order valence-electron chi connectivity index (χ4n) is 3.37. The summed E-state index contributed by atoms with van der Waals surface area (Å²) in [5.41, 5.74) is 0.567. The van der Waals surface area contributed by atoms with Gasteiger partial charge in [-0.2, -0.15) is 4.99 Å². The lowest BCUT2D eigenvalue weighted by Gasteiger charge is -2.24. The molecule has 2 saturated heterocycles. The second-order valence-electron chi connectivity index (χ2n) is 6.65. The fourth-order valence-corrected chi connectivity index (χ4v) is 7.41. The van der Waals surface area contributed by atoms with Crippen molar-refractivity contribution in [1.29, 1.82) is 0 Å². The van der Waals surface area contributed by atoms with Gasteiger partial charge in [-0.3, -0.25) is 14.9 Å². The number of hydrogen-bond donors (Lipinski definition) is 0. The number of aliphatic imine (C=N–C) groups is 1. The van der Waals surface area contributed by atoms with E-state index >= 15 is 0 Å². The van der Waals surface area contributed by atoms with E-state index in [1.54, 1.807) is 29.2 Å². The van der Waals surface area contributed by atoms with Gasteiger partial charge < -0.3 is 4.90 Å². The van der Waals surface area contributed by atoms with Crippen LogP contribution in [-0.2, 0) is 9.84 Å². The van der Waals surface area contributed by atoms with Crippen molar-refractivity contribution in [3.8, 4) is 0 Å². The minimum Gasteiger partial charge on any atom is -0.316 e. The molecule has 0 spiro atoms. The van der Waals surface area contributed by atoms with Crippen LogP contribution in [0.1, 0.15) is 10.4 Å². The van der Waals surface area contributed by atoms with Crippen molar-refractivity contribution in [1.82, 2.24) is 0 Å². The summed E-state index contributed by atoms with van der Waals surface area (Å²) in [6.07, 6.45) is 0. The van der Waals surface area contributed by atoms with E-state index in [1.807, 2.05) is 0 Å². The number of amidine groups is 1. The number of anilines is 1. The maximum atomic E-state index is 12.7. The van der Waals surface area contributed by atoms with Crippen LogP contribution >= 0.6 is 23.4 Å². The largest absolute Gasteiger partial charge is 0.316 e. The van der Waals surface area contributed by atoms with Gasteiger partial charge in [-0.1, -0.05) is 29.4 Å². The number of nitrogens with zero attached hydrogens (tertiary/aromatic N) is 3. The molecule has 8 nitrogen and oxygen atoms in total. The van der Waals surface area contributed by atoms with E-state index in [2.05, 4.69) is 4.99 Å². The molecule has 1 amide bonds. The molecule has 11 heteroatoms. The van der Waals surface area contributed by atoms with Crippen LogP contribution in [0.25, 0.3) is 0 Å². The molecule has 2 aliphatic heterocycles. The average Bonchev–Trinajstić information content (AvgIpc) is 3.13. The average molecular weight is 452 g/mol. The maximum absolute atomic E-state index is 12.7. The molecule has 2 unspecified atom stereocenters. The van der Waals surface area contributed by atoms with E-state index < -0.39 is 20.7 Å². The van der Waals surface area contributed by atoms with Gasteiger partial charge in [0.2, 0.25) is 0 Å². The molecular formula is C18H14ClN3O5S2. The predicted molar refractivity (Wildman–Crippen MR) is 113 cm³/mol. The second kappa shape index (κ2) is 7.43. The molecule has 0 bridgehead atoms. The summed E-state index contributed by atoms with van der Waals surface area (Å²) in [6.45, 7) is 0. The highest BCUT2D eigenvalue weighted by atomic mass is 35.5. The van der Waals surface area contributed by atoms with Crippen molar-refractivity contribution in [2.24, 2.45) is 4.99 Å². The Hall–Kier alpha value is -2.43. The number of nitro benzene ring substituents is 1. The number of non-ortho nitro benzene ring substituents is 1. The first kappa shape index (κ1) is 19.9. The fraction of sp³-hybridized carbons (Fsp3) is 0.222. The Kier molecular flexibility index (Phi) is 5.09. The van der Waals surface area contributed by atoms with E-state index in [9.17, 15) is 23.3 Å². The lowest BCUT2D eigenvalue weighted by Crippen LogP contribution is -2.37. The van der Waals surface area contributed by atoms with E-state index in [1.165, 1.54) is 36.0 Å². The van der Waals surface area contributed by atoms with Gasteiger partial charge in [-0.05, 0) is 30.3 Å². The quantitative estimate of drug-likeness (QED) is 0.520. The molecule has 2 fully saturated rings. The van der Waals surface area contributed by atoms with Crippen LogP contribution in [-0.4, -0.2) is 47.2 Å². The Bertz CT molecular complexity index is 1130. The molecule has 2 aliphatic rings. The minimum atomic E-state index is -3.18. The number of amides is 1. The van der Waals surface area contributed by atoms with Crippen molar-refractivity contribution >= 4 is 55.6 Å². The number of rotatable bonds is 3. The van der Waals surface area contributed by atoms with Gasteiger partial charge in [0.05, 0.1) is 22.5 Å². The van der Waals surface area contributed by atoms with Gasteiger partial charge >= 0.3 is 0 Å². The first-order valence-corrected chi connectivity index (χ1v) is 11.6. The summed E-state index contributed by atoms with van der Waals surface area (Å²) < 4.78 is 24.2. The van der Waals surface area contributed by atoms with Crippen molar-refractivity contribution < 1.29 is 18.1 Å². The molecule has 4 rings (SSSR count). The summed E-state index contributed by atoms with van der Waals surface area (Å²) in [5.74, 6) is -0.647. The topological polar surface area (TPSA) is 110 Å². The Morgan fingerprint density at radius 1 is 1.21 bits per heavy atom. The van der Waals surface area contributed by atoms with Crippen LogP contribution in [0, 0.1) is 10.1 Å². The smallest absolute Gasteiger partial charge is 0.279 e. The minimum absolute atomic E-state index is 0.0104. The van der Waals surface area contributed by atoms with Gasteiger partial charge in [-0.15, -0.1) is 0 Å². The van der Waals surface area contributed by atoms with E-state index in [0.717, 1.165) is 0 Å². The highest BCUT2D eigenvalue weighted by molar-refractivity contribution is 8.16. The molecule has 150 valence electrons. The SMILES string of the molecule is O=C(N=C1SC2CS(=O)(=O)CC2N1c1ccc(Cl)cc1)c1cccc([N+](=O)[O-])c1. The van der Waals surface area contributed by atoms with Gasteiger partial charge in [0.1, 0.15) is 0 Å². The monoisotopic (exact) mass is 451 g/mol. The first-order valence-electron chi connectivity index (χ1n) is 8.53. The Morgan fingerprint density at radius 2 is 1.93 bits per heavy atom. The van der Waals surface area contributed by atoms with Gasteiger partial charge in [0, 0.05) is 33.7 Å². The first-order chi connectivity index (χ1) is 13.7. The zero-order valence-corrected chi connectivity index (χ0v) is 17.2. The Balaban J connectivity index is 1.71. The van der Waals surface area contributed by atoms with Crippen molar-refractivity contribution in [3.63, 3.8) is 0 Å². The van der Waals surface area contributed by atoms with Crippen LogP contribution in [0.15, 0.2) is 53.5 Å². The number of sulfone groups is 1. The van der Waals surface area contributed by atoms with Crippen LogP contribution < -0.4 is 4.90 Å². The summed E-state index contributed by atoms with van der Waals surface area (Å²) in [5, 5.41) is 11.6. The number of fused-ring (bicyclic) bond motifs is 1. The van der Waals surface area contributed by atoms with E-state index in [-0.39, 0.29) is 34.0 Å². The highest BCUT2D eigenvalue weighted by Crippen LogP contribution is 2.41. The molecule has 0 aromatic heterocycles. The molecular weight excluding hydrogens is 438 g/mol. The summed E-state index contributed by atoms with van der Waals surface area (Å²) >= 11 is 7.19. The molecule has 0 aliphatic carbocycles. The number of hydrogen-bond acceptors (Lipinski definition) is 6. The molecule has 2 heterocycles. The van der Waals surface area contributed by atoms with E-state index in [0.29, 0.717) is 15.9 Å². The number of carbonyl (C=O) groups is 1. The molecule has 29 heavy (non-hydrogen) atoms. The van der Waals surface area contributed by atoms with Crippen molar-refractivity contribution in [3.05, 3.63) is 69.2 Å². The number of nitro groups is 1. The summed E-state index contributed by atoms with van der Waals surface area (Å²) in [4.78, 5) is 29.0. The lowest BCUT2D eigenvalue weighted by molar-refractivity contribution is -0.384. The number of halogens is 1. The predicted octanol–water partition coefficient (Wildman–Crippen LogP) is 3.16. The van der Waals surface area contributed by atoms with Gasteiger partial charge in [-0.25, -0.2) is 8.42 Å². The molecule has 0 saturated carbocycles. The third-order valence-corrected chi connectivity index (χ3v) is 8.13. The Labute approximate surface area is 175 Å². The number of carbonyl (C=O) groups excluding carboxylic acids is 1. The summed E-state index contributed by atoms with van der Waals surface area (Å²) in [6, 6.07) is 11.8. The molecule has 0 N–H and O–H groups in total. The number of thioether (sulfide) groups is 1. The number of benzene rings is 2. The molecule has 2 atom stereocenters. The van der Waals surface area contributed by atoms with Crippen molar-refractivity contribution in [2.75, 3.05) is 16.4 Å². The zero-order valence-electron chi connectivity index (χ0n) is 14.8. The van der Waals surface area contributed by atoms with Gasteiger partial charge in [0.15, 0.2) is 15.0 Å². The maximum Gasteiger partial charge on any atom is 0.279 e. The van der Waals surface area contributed by atoms with E-state index in [4.69, 9.17) is 11.6 Å². The van der Waals surface area contributed by atoms with Gasteiger partial charge in [0.25, 0.3) is 11.6 Å². The molecule has 2 aromatic rings.